The molecule has 0 aliphatic carbocycles. The molecule has 0 radical (unpaired) electrons. The Kier molecular flexibility index (Phi) is 50.3. The number of carbonyl (C=O) groups is 6. The summed E-state index contributed by atoms with van der Waals surface area (Å²) in [7, 11) is 0.175. The number of rotatable bonds is 16. The summed E-state index contributed by atoms with van der Waals surface area (Å²) in [5.74, 6) is -1.40. The van der Waals surface area contributed by atoms with E-state index in [1.165, 1.54) is 36.1 Å². The van der Waals surface area contributed by atoms with Crippen molar-refractivity contribution in [3.8, 4) is 0 Å². The van der Waals surface area contributed by atoms with Crippen LogP contribution in [0.2, 0.25) is 0 Å². The molecular formula is C51H88BrCuIN3O15S2Zn. The number of aryl methyl sites for hydroxylation is 1. The van der Waals surface area contributed by atoms with Gasteiger partial charge < -0.3 is 51.3 Å². The number of nitrogens with one attached hydrogen (secondary N) is 3. The number of ether oxygens (including phenoxy) is 6. The van der Waals surface area contributed by atoms with Gasteiger partial charge in [0.05, 0.1) is 32.8 Å². The van der Waals surface area contributed by atoms with E-state index in [0.717, 1.165) is 22.3 Å². The molecule has 436 valence electrons. The van der Waals surface area contributed by atoms with Crippen molar-refractivity contribution in [2.24, 2.45) is 11.8 Å². The van der Waals surface area contributed by atoms with Crippen LogP contribution in [0.1, 0.15) is 122 Å². The third-order valence-electron chi connectivity index (χ3n) is 8.64. The summed E-state index contributed by atoms with van der Waals surface area (Å²) in [6.07, 6.45) is 4.82. The molecule has 0 unspecified atom stereocenters. The quantitative estimate of drug-likeness (QED) is 0.0265. The van der Waals surface area contributed by atoms with Crippen LogP contribution in [0.4, 0.5) is 14.4 Å². The van der Waals surface area contributed by atoms with Gasteiger partial charge in [-0.15, -0.1) is 0 Å². The van der Waals surface area contributed by atoms with E-state index < -0.39 is 81.2 Å². The minimum atomic E-state index is -3.62. The number of hydrogen-bond acceptors (Lipinski definition) is 16. The Morgan fingerprint density at radius 3 is 1.24 bits per heavy atom. The van der Waals surface area contributed by atoms with E-state index in [4.69, 9.17) is 18.4 Å². The first-order valence-electron chi connectivity index (χ1n) is 23.0. The Hall–Kier alpha value is -2.73. The molecule has 1 aromatic carbocycles. The zero-order valence-electron chi connectivity index (χ0n) is 48.2. The Bertz CT molecular complexity index is 1910. The number of amides is 3. The Balaban J connectivity index is -0.000000204. The van der Waals surface area contributed by atoms with Crippen molar-refractivity contribution in [1.82, 2.24) is 16.0 Å². The van der Waals surface area contributed by atoms with Crippen LogP contribution < -0.4 is 16.0 Å². The predicted octanol–water partition coefficient (Wildman–Crippen LogP) is 11.6. The first-order valence-corrected chi connectivity index (χ1v) is 37.4. The molecular weight excluding hydrogens is 1290 g/mol. The molecule has 0 aliphatic rings. The zero-order valence-corrected chi connectivity index (χ0v) is 57.5. The van der Waals surface area contributed by atoms with Crippen molar-refractivity contribution < 1.29 is 98.8 Å². The molecule has 1 aromatic rings. The summed E-state index contributed by atoms with van der Waals surface area (Å²) in [5, 5.41) is 7.31. The number of alkyl carbamates (subject to hydrolysis) is 3. The third-order valence-corrected chi connectivity index (χ3v) is 9.91. The molecule has 75 heavy (non-hydrogen) atoms. The normalized spacial score (nSPS) is 12.8. The molecule has 0 aliphatic heterocycles. The summed E-state index contributed by atoms with van der Waals surface area (Å²) in [6.45, 7) is 40.1. The number of thioether (sulfide) groups is 1. The molecule has 0 fully saturated rings. The third kappa shape index (κ3) is 50.5. The average molecular weight is 1380 g/mol. The molecule has 0 aromatic heterocycles. The van der Waals surface area contributed by atoms with Gasteiger partial charge in [0, 0.05) is 6.04 Å². The van der Waals surface area contributed by atoms with Gasteiger partial charge in [0.1, 0.15) is 28.9 Å². The van der Waals surface area contributed by atoms with Crippen molar-refractivity contribution in [3.63, 3.8) is 0 Å². The van der Waals surface area contributed by atoms with Crippen LogP contribution in [0.15, 0.2) is 65.1 Å². The van der Waals surface area contributed by atoms with Crippen molar-refractivity contribution in [3.05, 3.63) is 72.7 Å². The second-order valence-corrected chi connectivity index (χ2v) is 21.6. The van der Waals surface area contributed by atoms with Gasteiger partial charge in [0.25, 0.3) is 16.1 Å². The topological polar surface area (TPSA) is 237 Å². The molecule has 3 amide bonds. The Morgan fingerprint density at radius 2 is 0.987 bits per heavy atom. The molecule has 24 heteroatoms. The van der Waals surface area contributed by atoms with Gasteiger partial charge in [-0.3, -0.25) is 8.98 Å². The number of carbonyl (C=O) groups excluding carboxylic acids is 6. The Labute approximate surface area is 491 Å². The van der Waals surface area contributed by atoms with E-state index >= 15 is 0 Å². The van der Waals surface area contributed by atoms with Crippen LogP contribution in [-0.4, -0.2) is 120 Å². The number of halogens is 2. The van der Waals surface area contributed by atoms with Crippen molar-refractivity contribution in [2.45, 2.75) is 163 Å². The number of benzene rings is 1. The summed E-state index contributed by atoms with van der Waals surface area (Å²) < 4.78 is 57.2. The summed E-state index contributed by atoms with van der Waals surface area (Å²) >= 11 is 11.9. The monoisotopic (exact) mass is 1380 g/mol. The average Bonchev–Trinajstić information content (AvgIpc) is 3.29. The summed E-state index contributed by atoms with van der Waals surface area (Å²) in [5.41, 5.74) is 1.98. The van der Waals surface area contributed by atoms with E-state index in [-0.39, 0.29) is 23.3 Å². The molecule has 1 rings (SSSR count). The first-order chi connectivity index (χ1) is 34.3. The Morgan fingerprint density at radius 1 is 0.693 bits per heavy atom. The maximum atomic E-state index is 11.7. The van der Waals surface area contributed by atoms with Crippen LogP contribution in [0.25, 0.3) is 0 Å². The van der Waals surface area contributed by atoms with E-state index in [0.29, 0.717) is 12.8 Å². The van der Waals surface area contributed by atoms with Gasteiger partial charge in [-0.2, -0.15) is 20.2 Å². The van der Waals surface area contributed by atoms with Gasteiger partial charge in [-0.1, -0.05) is 67.5 Å². The fourth-order valence-electron chi connectivity index (χ4n) is 4.40. The second-order valence-electron chi connectivity index (χ2n) is 19.2. The van der Waals surface area contributed by atoms with E-state index in [1.807, 2.05) is 67.1 Å². The molecule has 18 nitrogen and oxygen atoms in total. The van der Waals surface area contributed by atoms with Crippen molar-refractivity contribution >= 4 is 91.9 Å². The molecule has 0 saturated heterocycles. The van der Waals surface area contributed by atoms with Gasteiger partial charge >= 0.3 is 93.1 Å². The maximum absolute atomic E-state index is 11.7. The minimum absolute atomic E-state index is 0.0963. The van der Waals surface area contributed by atoms with Crippen molar-refractivity contribution in [2.75, 3.05) is 40.4 Å². The SMILES string of the molecule is C/C=C(\C)COS(=O)(=O)c1ccc(C)cc1.C=C(C)[C@@H](C)C[C@H](NC(=O)OC(C)(C)C)C(=O)OC.C=C(C)[C@H](C)C[C@H](NC(=O)OC(C)(C)C)C(=O)OC.CSC.[CH2-][C@H](NC(=O)OC(C)(C)C)C(=O)OC.[Cu][Br].[Zn+][I]. The van der Waals surface area contributed by atoms with Crippen LogP contribution in [0, 0.1) is 25.7 Å². The molecule has 0 bridgehead atoms. The number of hydrogen-bond donors (Lipinski definition) is 3. The van der Waals surface area contributed by atoms with E-state index in [9.17, 15) is 37.2 Å². The summed E-state index contributed by atoms with van der Waals surface area (Å²) in [4.78, 5) is 68.8. The van der Waals surface area contributed by atoms with Crippen LogP contribution in [0.5, 0.6) is 0 Å². The fraction of sp³-hybridized carbons (Fsp3) is 0.627. The predicted molar refractivity (Wildman–Crippen MR) is 304 cm³/mol. The van der Waals surface area contributed by atoms with Crippen LogP contribution in [-0.2, 0) is 86.1 Å². The van der Waals surface area contributed by atoms with Crippen LogP contribution >= 0.6 is 45.6 Å². The number of allylic oxidation sites excluding steroid dienone is 3. The van der Waals surface area contributed by atoms with Gasteiger partial charge in [-0.05, 0) is 146 Å². The van der Waals surface area contributed by atoms with Crippen molar-refractivity contribution in [1.29, 1.82) is 0 Å². The number of esters is 3. The molecule has 0 heterocycles. The van der Waals surface area contributed by atoms with Crippen LogP contribution in [0.3, 0.4) is 0 Å². The first kappa shape index (κ1) is 83.6. The molecule has 0 saturated carbocycles. The van der Waals surface area contributed by atoms with Gasteiger partial charge in [0.2, 0.25) is 0 Å². The number of methoxy groups -OCH3 is 3. The molecule has 5 atom stereocenters. The second kappa shape index (κ2) is 45.2. The van der Waals surface area contributed by atoms with Gasteiger partial charge in [-0.25, -0.2) is 24.0 Å². The molecule has 0 spiro atoms. The standard InChI is InChI=1S/2C14H25NO4.C12H16O3S.C9H16NO4.C2H6S.BrH.Cu.HI.Zn/c2*1-9(2)10(3)8-11(12(16)18-7)15-13(17)19-14(4,5)6;1-4-10(2)9-15-16(13,14)12-7-5-11(3)6-8-12;1-6(7(11)13-5)10-8(12)14-9(2,3)4;1-3-2;;;;/h2*10-11H,1,8H2,2-7H3,(H,15,17);4-8H,9H2,1-3H3;6H,1H2,2-5H3,(H,10,12);1-2H3;1H;;1H;/q;;;-1;;;+1;;+2/p-2/b;;10-4+;;;;;;/t10-,11+;10-,11-;;6-;;;;;/m10.0...../s1. The molecule has 3 N–H and O–H groups in total. The van der Waals surface area contributed by atoms with E-state index in [1.54, 1.807) is 98.3 Å². The summed E-state index contributed by atoms with van der Waals surface area (Å²) in [6, 6.07) is 4.19. The zero-order chi connectivity index (χ0) is 60.7. The van der Waals surface area contributed by atoms with Gasteiger partial charge in [0.15, 0.2) is 0 Å². The van der Waals surface area contributed by atoms with E-state index in [2.05, 4.69) is 98.3 Å². The fourth-order valence-corrected chi connectivity index (χ4v) is 5.35.